The molecule has 0 aromatic heterocycles. The minimum Gasteiger partial charge on any atom is -0.465 e. The van der Waals surface area contributed by atoms with E-state index in [-0.39, 0.29) is 22.2 Å². The summed E-state index contributed by atoms with van der Waals surface area (Å²) in [5, 5.41) is 0.435. The number of esters is 1. The van der Waals surface area contributed by atoms with E-state index in [2.05, 4.69) is 0 Å². The molecular weight excluding hydrogens is 394 g/mol. The largest absolute Gasteiger partial charge is 0.465 e. The number of Topliss-reactive ketones (excluding diaryl/α,β-unsaturated/α-hetero) is 1. The molecule has 0 amide bonds. The Kier molecular flexibility index (Phi) is 10.1. The Morgan fingerprint density at radius 1 is 1.00 bits per heavy atom. The fourth-order valence-electron chi connectivity index (χ4n) is 2.32. The SMILES string of the molecule is CCCCOC(=O)C(C(=O)c1c(Cl)cccc1Cl)c1ccccc1.O=[PH2+]. The maximum absolute atomic E-state index is 13.0. The number of benzene rings is 2. The number of hydrogen-bond donors (Lipinski definition) is 0. The van der Waals surface area contributed by atoms with Crippen LogP contribution in [0.2, 0.25) is 10.0 Å². The van der Waals surface area contributed by atoms with Gasteiger partial charge in [0, 0.05) is 0 Å². The maximum atomic E-state index is 13.0. The first-order valence-corrected chi connectivity index (χ1v) is 9.22. The smallest absolute Gasteiger partial charge is 0.321 e. The van der Waals surface area contributed by atoms with Gasteiger partial charge >= 0.3 is 15.1 Å². The fraction of sp³-hybridized carbons (Fsp3) is 0.263. The Balaban J connectivity index is 0.00000163. The first-order chi connectivity index (χ1) is 12.6. The van der Waals surface area contributed by atoms with E-state index in [4.69, 9.17) is 32.5 Å². The molecule has 0 saturated heterocycles. The summed E-state index contributed by atoms with van der Waals surface area (Å²) in [6.45, 7) is 2.28. The number of rotatable bonds is 7. The van der Waals surface area contributed by atoms with E-state index in [1.807, 2.05) is 13.0 Å². The van der Waals surface area contributed by atoms with Gasteiger partial charge in [0.15, 0.2) is 5.78 Å². The molecule has 2 rings (SSSR count). The topological polar surface area (TPSA) is 60.4 Å². The van der Waals surface area contributed by atoms with Crippen LogP contribution in [-0.4, -0.2) is 18.4 Å². The average Bonchev–Trinajstić information content (AvgIpc) is 2.64. The standard InChI is InChI=1S/C19H18Cl2O3.H2OP/c1-2-3-12-24-19(23)16(13-8-5-4-6-9-13)18(22)17-14(20)10-7-11-15(17)21;1-2/h4-11,16H,2-3,12H2,1H3;2H2/q;+1. The molecule has 2 unspecified atom stereocenters. The van der Waals surface area contributed by atoms with Gasteiger partial charge in [0.1, 0.15) is 5.92 Å². The summed E-state index contributed by atoms with van der Waals surface area (Å²) in [6.07, 6.45) is 1.64. The fourth-order valence-corrected chi connectivity index (χ4v) is 2.90. The van der Waals surface area contributed by atoms with E-state index in [0.29, 0.717) is 5.56 Å². The Labute approximate surface area is 165 Å². The van der Waals surface area contributed by atoms with E-state index >= 15 is 0 Å². The van der Waals surface area contributed by atoms with Gasteiger partial charge in [0.25, 0.3) is 0 Å². The van der Waals surface area contributed by atoms with Crippen LogP contribution < -0.4 is 0 Å². The third kappa shape index (κ3) is 5.91. The van der Waals surface area contributed by atoms with Crippen LogP contribution in [-0.2, 0) is 14.1 Å². The molecule has 0 fully saturated rings. The zero-order chi connectivity index (χ0) is 19.5. The summed E-state index contributed by atoms with van der Waals surface area (Å²) in [4.78, 5) is 25.5. The zero-order valence-corrected chi connectivity index (χ0v) is 17.0. The van der Waals surface area contributed by atoms with Gasteiger partial charge in [-0.05, 0) is 24.1 Å². The summed E-state index contributed by atoms with van der Waals surface area (Å²) in [7, 11) is 1.17. The van der Waals surface area contributed by atoms with Crippen molar-refractivity contribution in [1.82, 2.24) is 0 Å². The monoisotopic (exact) mass is 413 g/mol. The molecule has 4 nitrogen and oxygen atoms in total. The second-order valence-electron chi connectivity index (χ2n) is 5.33. The summed E-state index contributed by atoms with van der Waals surface area (Å²) in [5.41, 5.74) is 0.696. The molecule has 7 heteroatoms. The number of hydrogen-bond acceptors (Lipinski definition) is 4. The zero-order valence-electron chi connectivity index (χ0n) is 14.3. The van der Waals surface area contributed by atoms with E-state index < -0.39 is 17.7 Å². The lowest BCUT2D eigenvalue weighted by Gasteiger charge is -2.17. The van der Waals surface area contributed by atoms with E-state index in [9.17, 15) is 9.59 Å². The molecule has 2 aromatic carbocycles. The van der Waals surface area contributed by atoms with Gasteiger partial charge < -0.3 is 4.74 Å². The number of carbonyl (C=O) groups is 2. The first kappa shape index (κ1) is 22.3. The highest BCUT2D eigenvalue weighted by Gasteiger charge is 2.33. The highest BCUT2D eigenvalue weighted by molar-refractivity contribution is 7.00. The van der Waals surface area contributed by atoms with Crippen molar-refractivity contribution in [3.8, 4) is 0 Å². The molecule has 138 valence electrons. The highest BCUT2D eigenvalue weighted by Crippen LogP contribution is 2.31. The van der Waals surface area contributed by atoms with Crippen molar-refractivity contribution in [2.24, 2.45) is 0 Å². The molecule has 0 bridgehead atoms. The number of carbonyl (C=O) groups excluding carboxylic acids is 2. The number of halogens is 2. The van der Waals surface area contributed by atoms with Crippen LogP contribution in [0.5, 0.6) is 0 Å². The van der Waals surface area contributed by atoms with Gasteiger partial charge in [-0.2, -0.15) is 0 Å². The lowest BCUT2D eigenvalue weighted by molar-refractivity contribution is -0.144. The Morgan fingerprint density at radius 3 is 2.12 bits per heavy atom. The van der Waals surface area contributed by atoms with Crippen molar-refractivity contribution >= 4 is 44.1 Å². The molecule has 0 aliphatic carbocycles. The van der Waals surface area contributed by atoms with Crippen LogP contribution in [0.15, 0.2) is 48.5 Å². The molecular formula is C19H20Cl2O4P+. The van der Waals surface area contributed by atoms with Crippen LogP contribution in [0, 0.1) is 0 Å². The number of unbranched alkanes of at least 4 members (excludes halogenated alkanes) is 1. The van der Waals surface area contributed by atoms with Gasteiger partial charge in [-0.1, -0.05) is 77.5 Å². The summed E-state index contributed by atoms with van der Waals surface area (Å²) < 4.78 is 13.4. The molecule has 0 saturated carbocycles. The summed E-state index contributed by atoms with van der Waals surface area (Å²) in [6, 6.07) is 13.6. The predicted molar refractivity (Wildman–Crippen MR) is 106 cm³/mol. The van der Waals surface area contributed by atoms with Crippen molar-refractivity contribution in [3.05, 3.63) is 69.7 Å². The average molecular weight is 414 g/mol. The molecule has 26 heavy (non-hydrogen) atoms. The molecule has 0 N–H and O–H groups in total. The van der Waals surface area contributed by atoms with Crippen molar-refractivity contribution in [2.45, 2.75) is 25.7 Å². The van der Waals surface area contributed by atoms with Crippen molar-refractivity contribution in [2.75, 3.05) is 6.61 Å². The van der Waals surface area contributed by atoms with Crippen LogP contribution >= 0.6 is 32.3 Å². The second-order valence-corrected chi connectivity index (χ2v) is 6.14. The van der Waals surface area contributed by atoms with Crippen LogP contribution in [0.25, 0.3) is 0 Å². The van der Waals surface area contributed by atoms with Crippen LogP contribution in [0.3, 0.4) is 0 Å². The van der Waals surface area contributed by atoms with E-state index in [1.54, 1.807) is 42.5 Å². The van der Waals surface area contributed by atoms with Crippen molar-refractivity contribution in [1.29, 1.82) is 0 Å². The van der Waals surface area contributed by atoms with Crippen molar-refractivity contribution in [3.63, 3.8) is 0 Å². The molecule has 2 atom stereocenters. The minimum absolute atomic E-state index is 0.141. The second kappa shape index (κ2) is 11.8. The lowest BCUT2D eigenvalue weighted by atomic mass is 9.90. The molecule has 0 aliphatic rings. The maximum Gasteiger partial charge on any atom is 0.321 e. The van der Waals surface area contributed by atoms with E-state index in [1.165, 1.54) is 9.12 Å². The Morgan fingerprint density at radius 2 is 1.58 bits per heavy atom. The first-order valence-electron chi connectivity index (χ1n) is 7.99. The van der Waals surface area contributed by atoms with Gasteiger partial charge in [0.05, 0.1) is 22.2 Å². The third-order valence-corrected chi connectivity index (χ3v) is 4.21. The Hall–Kier alpha value is -1.74. The lowest BCUT2D eigenvalue weighted by Crippen LogP contribution is -2.25. The molecule has 0 aliphatic heterocycles. The molecule has 0 spiro atoms. The van der Waals surface area contributed by atoms with Gasteiger partial charge in [-0.15, -0.1) is 0 Å². The van der Waals surface area contributed by atoms with Gasteiger partial charge in [0.2, 0.25) is 0 Å². The summed E-state index contributed by atoms with van der Waals surface area (Å²) in [5.74, 6) is -2.13. The molecule has 0 heterocycles. The van der Waals surface area contributed by atoms with Crippen LogP contribution in [0.1, 0.15) is 41.6 Å². The van der Waals surface area contributed by atoms with Gasteiger partial charge in [-0.3, -0.25) is 9.59 Å². The number of ether oxygens (including phenoxy) is 1. The minimum atomic E-state index is -1.08. The third-order valence-electron chi connectivity index (χ3n) is 3.58. The molecule has 2 aromatic rings. The Bertz CT molecular complexity index is 717. The normalized spacial score (nSPS) is 11.0. The van der Waals surface area contributed by atoms with E-state index in [0.717, 1.165) is 12.8 Å². The van der Waals surface area contributed by atoms with Gasteiger partial charge in [-0.25, -0.2) is 0 Å². The number of ketones is 1. The van der Waals surface area contributed by atoms with Crippen molar-refractivity contribution < 1.29 is 18.9 Å². The van der Waals surface area contributed by atoms with Crippen LogP contribution in [0.4, 0.5) is 0 Å². The molecule has 0 radical (unpaired) electrons. The predicted octanol–water partition coefficient (Wildman–Crippen LogP) is 5.51. The highest BCUT2D eigenvalue weighted by atomic mass is 35.5. The summed E-state index contributed by atoms with van der Waals surface area (Å²) >= 11 is 12.3. The quantitative estimate of drug-likeness (QED) is 0.197.